The molecule has 0 atom stereocenters. The average molecular weight is 294 g/mol. The van der Waals surface area contributed by atoms with Crippen LogP contribution in [0, 0.1) is 27.7 Å². The summed E-state index contributed by atoms with van der Waals surface area (Å²) in [6, 6.07) is 12.7. The second-order valence-electron chi connectivity index (χ2n) is 6.40. The highest BCUT2D eigenvalue weighted by molar-refractivity contribution is 5.74. The summed E-state index contributed by atoms with van der Waals surface area (Å²) >= 11 is 0. The zero-order valence-corrected chi connectivity index (χ0v) is 13.7. The number of hydrogen-bond donors (Lipinski definition) is 0. The third-order valence-electron chi connectivity index (χ3n) is 4.92. The fourth-order valence-electron chi connectivity index (χ4n) is 3.13. The van der Waals surface area contributed by atoms with Crippen LogP contribution in [0.1, 0.15) is 46.2 Å². The van der Waals surface area contributed by atoms with Crippen molar-refractivity contribution in [3.63, 3.8) is 0 Å². The van der Waals surface area contributed by atoms with E-state index in [1.807, 2.05) is 0 Å². The number of rotatable bonds is 2. The van der Waals surface area contributed by atoms with E-state index in [4.69, 9.17) is 4.74 Å². The molecule has 0 aromatic heterocycles. The van der Waals surface area contributed by atoms with Gasteiger partial charge in [0.2, 0.25) is 0 Å². The summed E-state index contributed by atoms with van der Waals surface area (Å²) in [6.07, 6.45) is 1.18. The third kappa shape index (κ3) is 2.33. The first-order valence-corrected chi connectivity index (χ1v) is 7.80. The molecule has 0 saturated carbocycles. The topological polar surface area (TPSA) is 26.3 Å². The Kier molecular flexibility index (Phi) is 3.56. The smallest absolute Gasteiger partial charge is 0.307 e. The molecule has 2 heteroatoms. The van der Waals surface area contributed by atoms with Gasteiger partial charge in [-0.1, -0.05) is 36.4 Å². The van der Waals surface area contributed by atoms with E-state index in [2.05, 4.69) is 64.1 Å². The predicted molar refractivity (Wildman–Crippen MR) is 87.9 cm³/mol. The van der Waals surface area contributed by atoms with Crippen LogP contribution in [0.2, 0.25) is 0 Å². The number of carbonyl (C=O) groups excluding carboxylic acids is 1. The zero-order valence-electron chi connectivity index (χ0n) is 13.7. The summed E-state index contributed by atoms with van der Waals surface area (Å²) in [5.74, 6) is -0.114. The molecule has 0 amide bonds. The Hall–Kier alpha value is -2.09. The van der Waals surface area contributed by atoms with E-state index < -0.39 is 5.60 Å². The Morgan fingerprint density at radius 1 is 0.818 bits per heavy atom. The number of esters is 1. The van der Waals surface area contributed by atoms with Gasteiger partial charge in [0, 0.05) is 17.5 Å². The SMILES string of the molecule is Cc1ccc(C2(c3ccc(C)c(C)c3)CCC(=O)O2)cc1C. The van der Waals surface area contributed by atoms with Gasteiger partial charge in [-0.15, -0.1) is 0 Å². The number of hydrogen-bond acceptors (Lipinski definition) is 2. The highest BCUT2D eigenvalue weighted by Crippen LogP contribution is 2.43. The zero-order chi connectivity index (χ0) is 15.9. The van der Waals surface area contributed by atoms with E-state index in [1.54, 1.807) is 0 Å². The van der Waals surface area contributed by atoms with Gasteiger partial charge in [0.1, 0.15) is 0 Å². The molecule has 1 saturated heterocycles. The highest BCUT2D eigenvalue weighted by atomic mass is 16.6. The fourth-order valence-corrected chi connectivity index (χ4v) is 3.13. The number of aryl methyl sites for hydroxylation is 4. The van der Waals surface area contributed by atoms with E-state index in [0.29, 0.717) is 12.8 Å². The first-order valence-electron chi connectivity index (χ1n) is 7.80. The van der Waals surface area contributed by atoms with Gasteiger partial charge < -0.3 is 4.74 Å². The molecular weight excluding hydrogens is 272 g/mol. The first kappa shape index (κ1) is 14.8. The molecular formula is C20H22O2. The van der Waals surface area contributed by atoms with Crippen molar-refractivity contribution < 1.29 is 9.53 Å². The van der Waals surface area contributed by atoms with Gasteiger partial charge in [-0.3, -0.25) is 4.79 Å². The third-order valence-corrected chi connectivity index (χ3v) is 4.92. The molecule has 1 aliphatic heterocycles. The van der Waals surface area contributed by atoms with Crippen LogP contribution < -0.4 is 0 Å². The van der Waals surface area contributed by atoms with Gasteiger partial charge >= 0.3 is 5.97 Å². The summed E-state index contributed by atoms with van der Waals surface area (Å²) in [4.78, 5) is 11.9. The van der Waals surface area contributed by atoms with Crippen LogP contribution in [0.15, 0.2) is 36.4 Å². The molecule has 1 fully saturated rings. The quantitative estimate of drug-likeness (QED) is 0.762. The lowest BCUT2D eigenvalue weighted by Gasteiger charge is -2.30. The van der Waals surface area contributed by atoms with Crippen LogP contribution in [0.25, 0.3) is 0 Å². The van der Waals surface area contributed by atoms with Crippen molar-refractivity contribution in [3.05, 3.63) is 69.8 Å². The molecule has 0 unspecified atom stereocenters. The van der Waals surface area contributed by atoms with Crippen molar-refractivity contribution in [2.24, 2.45) is 0 Å². The van der Waals surface area contributed by atoms with Gasteiger partial charge in [0.25, 0.3) is 0 Å². The maximum absolute atomic E-state index is 11.9. The molecule has 0 spiro atoms. The van der Waals surface area contributed by atoms with E-state index in [1.165, 1.54) is 22.3 Å². The van der Waals surface area contributed by atoms with Crippen molar-refractivity contribution in [2.45, 2.75) is 46.1 Å². The monoisotopic (exact) mass is 294 g/mol. The number of benzene rings is 2. The second-order valence-corrected chi connectivity index (χ2v) is 6.40. The van der Waals surface area contributed by atoms with E-state index in [-0.39, 0.29) is 5.97 Å². The highest BCUT2D eigenvalue weighted by Gasteiger charge is 2.43. The predicted octanol–water partition coefficient (Wildman–Crippen LogP) is 4.50. The normalized spacial score (nSPS) is 16.6. The summed E-state index contributed by atoms with van der Waals surface area (Å²) in [5.41, 5.74) is 6.47. The molecule has 2 aromatic carbocycles. The summed E-state index contributed by atoms with van der Waals surface area (Å²) in [5, 5.41) is 0. The molecule has 0 aliphatic carbocycles. The molecule has 0 bridgehead atoms. The van der Waals surface area contributed by atoms with E-state index in [0.717, 1.165) is 11.1 Å². The average Bonchev–Trinajstić information content (AvgIpc) is 2.88. The van der Waals surface area contributed by atoms with E-state index in [9.17, 15) is 4.79 Å². The Morgan fingerprint density at radius 2 is 1.32 bits per heavy atom. The van der Waals surface area contributed by atoms with Crippen LogP contribution in [-0.4, -0.2) is 5.97 Å². The number of cyclic esters (lactones) is 1. The van der Waals surface area contributed by atoms with Crippen molar-refractivity contribution in [1.82, 2.24) is 0 Å². The minimum atomic E-state index is -0.631. The molecule has 2 nitrogen and oxygen atoms in total. The molecule has 0 radical (unpaired) electrons. The molecule has 0 N–H and O–H groups in total. The van der Waals surface area contributed by atoms with Crippen LogP contribution in [0.3, 0.4) is 0 Å². The van der Waals surface area contributed by atoms with Crippen LogP contribution in [0.5, 0.6) is 0 Å². The Labute approximate surface area is 132 Å². The molecule has 3 rings (SSSR count). The van der Waals surface area contributed by atoms with Crippen LogP contribution >= 0.6 is 0 Å². The van der Waals surface area contributed by atoms with Crippen LogP contribution in [-0.2, 0) is 15.1 Å². The second kappa shape index (κ2) is 5.28. The molecule has 1 aliphatic rings. The lowest BCUT2D eigenvalue weighted by Crippen LogP contribution is -2.27. The Bertz CT molecular complexity index is 692. The lowest BCUT2D eigenvalue weighted by atomic mass is 9.82. The standard InChI is InChI=1S/C20H22O2/c1-13-5-7-17(11-15(13)3)20(10-9-19(21)22-20)18-8-6-14(2)16(4)12-18/h5-8,11-12H,9-10H2,1-4H3. The van der Waals surface area contributed by atoms with Gasteiger partial charge in [-0.25, -0.2) is 0 Å². The maximum atomic E-state index is 11.9. The fraction of sp³-hybridized carbons (Fsp3) is 0.350. The minimum absolute atomic E-state index is 0.114. The van der Waals surface area contributed by atoms with Crippen molar-refractivity contribution in [3.8, 4) is 0 Å². The van der Waals surface area contributed by atoms with Gasteiger partial charge in [0.05, 0.1) is 6.42 Å². The Balaban J connectivity index is 2.18. The van der Waals surface area contributed by atoms with E-state index >= 15 is 0 Å². The molecule has 2 aromatic rings. The number of carbonyl (C=O) groups is 1. The Morgan fingerprint density at radius 3 is 1.68 bits per heavy atom. The first-order chi connectivity index (χ1) is 10.4. The summed E-state index contributed by atoms with van der Waals surface area (Å²) in [7, 11) is 0. The summed E-state index contributed by atoms with van der Waals surface area (Å²) in [6.45, 7) is 8.40. The van der Waals surface area contributed by atoms with Gasteiger partial charge in [-0.05, 0) is 49.9 Å². The van der Waals surface area contributed by atoms with Crippen LogP contribution in [0.4, 0.5) is 0 Å². The van der Waals surface area contributed by atoms with Crippen molar-refractivity contribution in [1.29, 1.82) is 0 Å². The lowest BCUT2D eigenvalue weighted by molar-refractivity contribution is -0.146. The largest absolute Gasteiger partial charge is 0.449 e. The van der Waals surface area contributed by atoms with Gasteiger partial charge in [0.15, 0.2) is 5.60 Å². The van der Waals surface area contributed by atoms with Gasteiger partial charge in [-0.2, -0.15) is 0 Å². The minimum Gasteiger partial charge on any atom is -0.449 e. The van der Waals surface area contributed by atoms with Crippen molar-refractivity contribution >= 4 is 5.97 Å². The maximum Gasteiger partial charge on any atom is 0.307 e. The summed E-state index contributed by atoms with van der Waals surface area (Å²) < 4.78 is 5.87. The molecule has 114 valence electrons. The molecule has 1 heterocycles. The molecule has 22 heavy (non-hydrogen) atoms. The van der Waals surface area contributed by atoms with Crippen molar-refractivity contribution in [2.75, 3.05) is 0 Å². The number of ether oxygens (including phenoxy) is 1.